The van der Waals surface area contributed by atoms with Crippen LogP contribution in [0, 0.1) is 5.92 Å². The molecule has 2 aliphatic rings. The number of anilines is 2. The topological polar surface area (TPSA) is 67.6 Å². The molecule has 3 rings (SSSR count). The highest BCUT2D eigenvalue weighted by molar-refractivity contribution is 5.98. The van der Waals surface area contributed by atoms with Crippen LogP contribution in [0.1, 0.15) is 6.42 Å². The molecule has 0 aliphatic carbocycles. The summed E-state index contributed by atoms with van der Waals surface area (Å²) in [5.74, 6) is 1.27. The van der Waals surface area contributed by atoms with Crippen molar-refractivity contribution in [3.63, 3.8) is 0 Å². The molecule has 1 fully saturated rings. The standard InChI is InChI=1S/C13H17N3O2/c14-10-1-2-12-11(5-10)16(13(17)8-18-12)7-9-3-4-15-6-9/h1-2,5,9,15H,3-4,6-8,14H2. The maximum absolute atomic E-state index is 12.0. The van der Waals surface area contributed by atoms with Gasteiger partial charge < -0.3 is 20.7 Å². The average molecular weight is 247 g/mol. The van der Waals surface area contributed by atoms with Crippen LogP contribution in [0.25, 0.3) is 0 Å². The fraction of sp³-hybridized carbons (Fsp3) is 0.462. The lowest BCUT2D eigenvalue weighted by Crippen LogP contribution is -2.42. The second kappa shape index (κ2) is 4.49. The summed E-state index contributed by atoms with van der Waals surface area (Å²) in [6, 6.07) is 5.44. The van der Waals surface area contributed by atoms with E-state index < -0.39 is 0 Å². The van der Waals surface area contributed by atoms with E-state index in [4.69, 9.17) is 10.5 Å². The number of rotatable bonds is 2. The second-order valence-electron chi connectivity index (χ2n) is 4.88. The number of hydrogen-bond acceptors (Lipinski definition) is 4. The Morgan fingerprint density at radius 3 is 3.17 bits per heavy atom. The largest absolute Gasteiger partial charge is 0.482 e. The predicted octanol–water partition coefficient (Wildman–Crippen LogP) is 0.604. The van der Waals surface area contributed by atoms with Gasteiger partial charge in [0.15, 0.2) is 6.61 Å². The van der Waals surface area contributed by atoms with E-state index in [1.807, 2.05) is 17.0 Å². The zero-order chi connectivity index (χ0) is 12.5. The SMILES string of the molecule is Nc1ccc2c(c1)N(CC1CCNC1)C(=O)CO2. The second-order valence-corrected chi connectivity index (χ2v) is 4.88. The zero-order valence-electron chi connectivity index (χ0n) is 10.2. The summed E-state index contributed by atoms with van der Waals surface area (Å²) in [4.78, 5) is 13.8. The van der Waals surface area contributed by atoms with E-state index in [2.05, 4.69) is 5.32 Å². The molecular formula is C13H17N3O2. The monoisotopic (exact) mass is 247 g/mol. The van der Waals surface area contributed by atoms with E-state index in [0.717, 1.165) is 37.5 Å². The quantitative estimate of drug-likeness (QED) is 0.751. The molecule has 3 N–H and O–H groups in total. The summed E-state index contributed by atoms with van der Waals surface area (Å²) in [5.41, 5.74) is 7.25. The number of amides is 1. The van der Waals surface area contributed by atoms with Crippen molar-refractivity contribution < 1.29 is 9.53 Å². The molecule has 18 heavy (non-hydrogen) atoms. The maximum Gasteiger partial charge on any atom is 0.265 e. The number of fused-ring (bicyclic) bond motifs is 1. The Morgan fingerprint density at radius 1 is 1.50 bits per heavy atom. The van der Waals surface area contributed by atoms with E-state index in [1.165, 1.54) is 0 Å². The van der Waals surface area contributed by atoms with Gasteiger partial charge in [-0.15, -0.1) is 0 Å². The van der Waals surface area contributed by atoms with Crippen LogP contribution >= 0.6 is 0 Å². The van der Waals surface area contributed by atoms with Gasteiger partial charge in [-0.3, -0.25) is 4.79 Å². The van der Waals surface area contributed by atoms with Crippen LogP contribution in [0.4, 0.5) is 11.4 Å². The number of hydrogen-bond donors (Lipinski definition) is 2. The van der Waals surface area contributed by atoms with Gasteiger partial charge in [0.1, 0.15) is 5.75 Å². The zero-order valence-corrected chi connectivity index (χ0v) is 10.2. The van der Waals surface area contributed by atoms with Crippen LogP contribution in [-0.2, 0) is 4.79 Å². The van der Waals surface area contributed by atoms with Crippen LogP contribution in [0.2, 0.25) is 0 Å². The minimum Gasteiger partial charge on any atom is -0.482 e. The molecule has 0 saturated carbocycles. The highest BCUT2D eigenvalue weighted by Crippen LogP contribution is 2.34. The van der Waals surface area contributed by atoms with Crippen molar-refractivity contribution in [1.82, 2.24) is 5.32 Å². The molecule has 2 aliphatic heterocycles. The summed E-state index contributed by atoms with van der Waals surface area (Å²) in [6.45, 7) is 2.87. The normalized spacial score (nSPS) is 22.8. The Labute approximate surface area is 106 Å². The minimum absolute atomic E-state index is 0.0139. The molecule has 0 bridgehead atoms. The highest BCUT2D eigenvalue weighted by Gasteiger charge is 2.28. The molecule has 0 aromatic heterocycles. The van der Waals surface area contributed by atoms with Crippen LogP contribution in [-0.4, -0.2) is 32.1 Å². The third kappa shape index (κ3) is 2.01. The van der Waals surface area contributed by atoms with Gasteiger partial charge in [0.25, 0.3) is 5.91 Å². The Kier molecular flexibility index (Phi) is 2.83. The number of nitrogen functional groups attached to an aromatic ring is 1. The third-order valence-electron chi connectivity index (χ3n) is 3.53. The first kappa shape index (κ1) is 11.3. The smallest absolute Gasteiger partial charge is 0.265 e. The fourth-order valence-corrected chi connectivity index (χ4v) is 2.55. The first-order valence-electron chi connectivity index (χ1n) is 6.27. The summed E-state index contributed by atoms with van der Waals surface area (Å²) >= 11 is 0. The van der Waals surface area contributed by atoms with Gasteiger partial charge >= 0.3 is 0 Å². The molecule has 1 saturated heterocycles. The highest BCUT2D eigenvalue weighted by atomic mass is 16.5. The number of benzene rings is 1. The van der Waals surface area contributed by atoms with Gasteiger partial charge in [0.2, 0.25) is 0 Å². The van der Waals surface area contributed by atoms with Crippen LogP contribution in [0.5, 0.6) is 5.75 Å². The number of ether oxygens (including phenoxy) is 1. The van der Waals surface area contributed by atoms with Crippen LogP contribution < -0.4 is 20.7 Å². The number of nitrogens with two attached hydrogens (primary N) is 1. The molecule has 96 valence electrons. The van der Waals surface area contributed by atoms with Gasteiger partial charge in [-0.05, 0) is 43.6 Å². The van der Waals surface area contributed by atoms with Crippen molar-refractivity contribution in [2.24, 2.45) is 5.92 Å². The molecule has 1 aromatic rings. The molecule has 5 nitrogen and oxygen atoms in total. The minimum atomic E-state index is 0.0139. The Balaban J connectivity index is 1.88. The van der Waals surface area contributed by atoms with Gasteiger partial charge in [-0.25, -0.2) is 0 Å². The Bertz CT molecular complexity index is 469. The summed E-state index contributed by atoms with van der Waals surface area (Å²) in [7, 11) is 0. The molecule has 2 heterocycles. The van der Waals surface area contributed by atoms with Crippen molar-refractivity contribution >= 4 is 17.3 Å². The Hall–Kier alpha value is -1.75. The summed E-state index contributed by atoms with van der Waals surface area (Å²) in [6.07, 6.45) is 1.11. The van der Waals surface area contributed by atoms with Gasteiger partial charge in [-0.1, -0.05) is 0 Å². The van der Waals surface area contributed by atoms with Crippen LogP contribution in [0.15, 0.2) is 18.2 Å². The van der Waals surface area contributed by atoms with E-state index in [0.29, 0.717) is 11.6 Å². The number of nitrogens with one attached hydrogen (secondary N) is 1. The summed E-state index contributed by atoms with van der Waals surface area (Å²) < 4.78 is 5.42. The lowest BCUT2D eigenvalue weighted by molar-refractivity contribution is -0.121. The van der Waals surface area contributed by atoms with Crippen molar-refractivity contribution in [2.45, 2.75) is 6.42 Å². The number of nitrogens with zero attached hydrogens (tertiary/aromatic N) is 1. The van der Waals surface area contributed by atoms with Crippen molar-refractivity contribution in [3.05, 3.63) is 18.2 Å². The fourth-order valence-electron chi connectivity index (χ4n) is 2.55. The van der Waals surface area contributed by atoms with Crippen LogP contribution in [0.3, 0.4) is 0 Å². The molecule has 0 radical (unpaired) electrons. The van der Waals surface area contributed by atoms with E-state index >= 15 is 0 Å². The van der Waals surface area contributed by atoms with Crippen molar-refractivity contribution in [3.8, 4) is 5.75 Å². The lowest BCUT2D eigenvalue weighted by Gasteiger charge is -2.31. The van der Waals surface area contributed by atoms with E-state index in [1.54, 1.807) is 6.07 Å². The lowest BCUT2D eigenvalue weighted by atomic mass is 10.1. The predicted molar refractivity (Wildman–Crippen MR) is 69.7 cm³/mol. The molecule has 1 aromatic carbocycles. The van der Waals surface area contributed by atoms with Crippen molar-refractivity contribution in [2.75, 3.05) is 36.9 Å². The van der Waals surface area contributed by atoms with E-state index in [-0.39, 0.29) is 12.5 Å². The van der Waals surface area contributed by atoms with Gasteiger partial charge in [-0.2, -0.15) is 0 Å². The molecule has 5 heteroatoms. The number of carbonyl (C=O) groups excluding carboxylic acids is 1. The van der Waals surface area contributed by atoms with Gasteiger partial charge in [0, 0.05) is 12.2 Å². The first-order valence-corrected chi connectivity index (χ1v) is 6.27. The third-order valence-corrected chi connectivity index (χ3v) is 3.53. The summed E-state index contributed by atoms with van der Waals surface area (Å²) in [5, 5.41) is 3.32. The Morgan fingerprint density at radius 2 is 2.39 bits per heavy atom. The van der Waals surface area contributed by atoms with Gasteiger partial charge in [0.05, 0.1) is 5.69 Å². The van der Waals surface area contributed by atoms with E-state index in [9.17, 15) is 4.79 Å². The van der Waals surface area contributed by atoms with Crippen molar-refractivity contribution in [1.29, 1.82) is 0 Å². The molecular weight excluding hydrogens is 230 g/mol. The molecule has 1 atom stereocenters. The first-order chi connectivity index (χ1) is 8.74. The molecule has 0 spiro atoms. The molecule has 1 amide bonds. The molecule has 1 unspecified atom stereocenters. The average Bonchev–Trinajstić information content (AvgIpc) is 2.86. The maximum atomic E-state index is 12.0. The number of carbonyl (C=O) groups is 1.